The molecule has 0 radical (unpaired) electrons. The number of anilines is 1. The number of carbonyl (C=O) groups is 1. The van der Waals surface area contributed by atoms with Crippen molar-refractivity contribution in [2.45, 2.75) is 32.1 Å². The second-order valence-electron chi connectivity index (χ2n) is 8.75. The monoisotopic (exact) mass is 449 g/mol. The molecule has 0 fully saturated rings. The van der Waals surface area contributed by atoms with Crippen molar-refractivity contribution >= 4 is 11.7 Å². The van der Waals surface area contributed by atoms with Crippen molar-refractivity contribution in [1.29, 1.82) is 0 Å². The van der Waals surface area contributed by atoms with Crippen LogP contribution in [-0.4, -0.2) is 20.9 Å². The molecule has 2 unspecified atom stereocenters. The number of ether oxygens (including phenoxy) is 1. The lowest BCUT2D eigenvalue weighted by atomic mass is 9.76. The summed E-state index contributed by atoms with van der Waals surface area (Å²) < 4.78 is 6.62. The summed E-state index contributed by atoms with van der Waals surface area (Å²) in [4.78, 5) is 26.6. The Morgan fingerprint density at radius 3 is 2.59 bits per heavy atom. The average molecular weight is 450 g/mol. The minimum Gasteiger partial charge on any atom is -0.384 e. The Hall–Kier alpha value is -4.10. The molecular formula is C27H23N5O2. The van der Waals surface area contributed by atoms with Gasteiger partial charge in [-0.3, -0.25) is 4.79 Å². The molecule has 0 saturated carbocycles. The summed E-state index contributed by atoms with van der Waals surface area (Å²) in [6.45, 7) is 4.24. The molecule has 4 heterocycles. The molecule has 2 aromatic carbocycles. The van der Waals surface area contributed by atoms with Crippen LogP contribution in [0.1, 0.15) is 61.4 Å². The standard InChI is InChI=1S/C27H23N5O2/c1-15-12-23(28)32-16(2)20(15)14-31-25(33)17-8-9-19-22(13-17)27(26-29-10-5-11-30-26)21-7-4-3-6-18(21)24(19)34-27/h3-13,24H,14H2,1-2H3,(H2,28,32)(H,31,33). The van der Waals surface area contributed by atoms with E-state index >= 15 is 0 Å². The molecule has 1 amide bonds. The molecule has 2 bridgehead atoms. The van der Waals surface area contributed by atoms with Gasteiger partial charge in [-0.15, -0.1) is 0 Å². The number of aryl methyl sites for hydroxylation is 2. The summed E-state index contributed by atoms with van der Waals surface area (Å²) in [6, 6.07) is 17.5. The van der Waals surface area contributed by atoms with E-state index in [2.05, 4.69) is 32.4 Å². The molecular weight excluding hydrogens is 426 g/mol. The van der Waals surface area contributed by atoms with Crippen molar-refractivity contribution in [2.75, 3.05) is 5.73 Å². The van der Waals surface area contributed by atoms with E-state index in [0.717, 1.165) is 39.1 Å². The van der Waals surface area contributed by atoms with Crippen molar-refractivity contribution in [3.63, 3.8) is 0 Å². The summed E-state index contributed by atoms with van der Waals surface area (Å²) in [7, 11) is 0. The van der Waals surface area contributed by atoms with Crippen LogP contribution >= 0.6 is 0 Å². The second-order valence-corrected chi connectivity index (χ2v) is 8.75. The van der Waals surface area contributed by atoms with Crippen LogP contribution in [0.2, 0.25) is 0 Å². The van der Waals surface area contributed by atoms with Crippen LogP contribution in [0.5, 0.6) is 0 Å². The number of nitrogen functional groups attached to an aromatic ring is 1. The maximum absolute atomic E-state index is 13.2. The predicted octanol–water partition coefficient (Wildman–Crippen LogP) is 3.73. The van der Waals surface area contributed by atoms with Crippen LogP contribution in [-0.2, 0) is 16.9 Å². The van der Waals surface area contributed by atoms with Gasteiger partial charge in [-0.1, -0.05) is 30.3 Å². The number of pyridine rings is 1. The Kier molecular flexibility index (Phi) is 4.50. The highest BCUT2D eigenvalue weighted by Crippen LogP contribution is 2.60. The topological polar surface area (TPSA) is 103 Å². The number of rotatable bonds is 4. The van der Waals surface area contributed by atoms with Gasteiger partial charge in [-0.25, -0.2) is 15.0 Å². The summed E-state index contributed by atoms with van der Waals surface area (Å²) in [5.41, 5.74) is 12.3. The minimum absolute atomic E-state index is 0.168. The van der Waals surface area contributed by atoms with Crippen LogP contribution in [0, 0.1) is 13.8 Å². The van der Waals surface area contributed by atoms with E-state index in [1.165, 1.54) is 0 Å². The first-order valence-corrected chi connectivity index (χ1v) is 11.2. The lowest BCUT2D eigenvalue weighted by Gasteiger charge is -2.27. The van der Waals surface area contributed by atoms with Gasteiger partial charge in [-0.2, -0.15) is 0 Å². The highest BCUT2D eigenvalue weighted by molar-refractivity contribution is 5.94. The summed E-state index contributed by atoms with van der Waals surface area (Å²) in [5, 5.41) is 3.03. The van der Waals surface area contributed by atoms with Gasteiger partial charge < -0.3 is 15.8 Å². The maximum Gasteiger partial charge on any atom is 0.251 e. The van der Waals surface area contributed by atoms with Gasteiger partial charge in [0.2, 0.25) is 0 Å². The molecule has 2 aliphatic rings. The van der Waals surface area contributed by atoms with Gasteiger partial charge in [0.1, 0.15) is 11.9 Å². The van der Waals surface area contributed by atoms with Gasteiger partial charge in [-0.05, 0) is 60.4 Å². The smallest absolute Gasteiger partial charge is 0.251 e. The molecule has 3 N–H and O–H groups in total. The van der Waals surface area contributed by atoms with Crippen molar-refractivity contribution in [3.8, 4) is 0 Å². The molecule has 168 valence electrons. The number of nitrogens with two attached hydrogens (primary N) is 1. The zero-order valence-corrected chi connectivity index (χ0v) is 18.9. The summed E-state index contributed by atoms with van der Waals surface area (Å²) in [5.74, 6) is 0.881. The van der Waals surface area contributed by atoms with Crippen LogP contribution in [0.3, 0.4) is 0 Å². The lowest BCUT2D eigenvalue weighted by molar-refractivity contribution is 0.0187. The van der Waals surface area contributed by atoms with Crippen LogP contribution in [0.15, 0.2) is 67.0 Å². The Labute approximate surface area is 197 Å². The molecule has 34 heavy (non-hydrogen) atoms. The molecule has 7 nitrogen and oxygen atoms in total. The fourth-order valence-electron chi connectivity index (χ4n) is 5.22. The summed E-state index contributed by atoms with van der Waals surface area (Å²) >= 11 is 0. The fourth-order valence-corrected chi connectivity index (χ4v) is 5.22. The third kappa shape index (κ3) is 2.87. The number of benzene rings is 2. The highest BCUT2D eigenvalue weighted by atomic mass is 16.5. The Balaban J connectivity index is 1.38. The fraction of sp³-hybridized carbons (Fsp3) is 0.185. The molecule has 2 aliphatic heterocycles. The van der Waals surface area contributed by atoms with E-state index in [1.807, 2.05) is 50.2 Å². The molecule has 4 aromatic rings. The first kappa shape index (κ1) is 20.5. The van der Waals surface area contributed by atoms with E-state index in [4.69, 9.17) is 10.5 Å². The number of nitrogens with zero attached hydrogens (tertiary/aromatic N) is 3. The zero-order chi connectivity index (χ0) is 23.4. The third-order valence-corrected chi connectivity index (χ3v) is 6.77. The van der Waals surface area contributed by atoms with Crippen molar-refractivity contribution in [3.05, 3.63) is 117 Å². The first-order valence-electron chi connectivity index (χ1n) is 11.2. The number of aromatic nitrogens is 3. The van der Waals surface area contributed by atoms with E-state index in [9.17, 15) is 4.79 Å². The van der Waals surface area contributed by atoms with Crippen molar-refractivity contribution in [2.24, 2.45) is 0 Å². The summed E-state index contributed by atoms with van der Waals surface area (Å²) in [6.07, 6.45) is 3.23. The zero-order valence-electron chi connectivity index (χ0n) is 18.9. The van der Waals surface area contributed by atoms with Gasteiger partial charge in [0.25, 0.3) is 5.91 Å². The normalized spacial score (nSPS) is 19.5. The third-order valence-electron chi connectivity index (χ3n) is 6.77. The molecule has 0 spiro atoms. The molecule has 0 saturated heterocycles. The van der Waals surface area contributed by atoms with Gasteiger partial charge in [0.05, 0.1) is 0 Å². The second kappa shape index (κ2) is 7.46. The number of hydrogen-bond acceptors (Lipinski definition) is 6. The quantitative estimate of drug-likeness (QED) is 0.492. The lowest BCUT2D eigenvalue weighted by Crippen LogP contribution is -2.30. The molecule has 7 heteroatoms. The van der Waals surface area contributed by atoms with Crippen LogP contribution in [0.4, 0.5) is 5.82 Å². The van der Waals surface area contributed by atoms with Gasteiger partial charge in [0.15, 0.2) is 11.4 Å². The van der Waals surface area contributed by atoms with E-state index in [1.54, 1.807) is 18.5 Å². The SMILES string of the molecule is Cc1cc(N)nc(C)c1CNC(=O)c1ccc2c(c1)C1(c3ncccn3)OC2c2ccccc21. The molecule has 2 aromatic heterocycles. The number of hydrogen-bond donors (Lipinski definition) is 2. The number of carbonyl (C=O) groups excluding carboxylic acids is 1. The van der Waals surface area contributed by atoms with Crippen molar-refractivity contribution in [1.82, 2.24) is 20.3 Å². The van der Waals surface area contributed by atoms with E-state index in [0.29, 0.717) is 23.8 Å². The Morgan fingerprint density at radius 1 is 1.03 bits per heavy atom. The molecule has 0 aliphatic carbocycles. The number of amides is 1. The molecule has 2 atom stereocenters. The largest absolute Gasteiger partial charge is 0.384 e. The first-order chi connectivity index (χ1) is 16.5. The average Bonchev–Trinajstić information content (AvgIpc) is 3.37. The van der Waals surface area contributed by atoms with Crippen molar-refractivity contribution < 1.29 is 9.53 Å². The highest BCUT2D eigenvalue weighted by Gasteiger charge is 2.57. The Bertz CT molecular complexity index is 1430. The van der Waals surface area contributed by atoms with Gasteiger partial charge in [0, 0.05) is 41.3 Å². The van der Waals surface area contributed by atoms with E-state index in [-0.39, 0.29) is 12.0 Å². The minimum atomic E-state index is -0.928. The van der Waals surface area contributed by atoms with Crippen LogP contribution in [0.25, 0.3) is 0 Å². The number of fused-ring (bicyclic) bond motifs is 8. The maximum atomic E-state index is 13.2. The Morgan fingerprint density at radius 2 is 1.79 bits per heavy atom. The predicted molar refractivity (Wildman–Crippen MR) is 127 cm³/mol. The molecule has 6 rings (SSSR count). The van der Waals surface area contributed by atoms with Gasteiger partial charge >= 0.3 is 0 Å². The van der Waals surface area contributed by atoms with E-state index < -0.39 is 5.60 Å². The number of nitrogens with one attached hydrogen (secondary N) is 1. The van der Waals surface area contributed by atoms with Crippen LogP contribution < -0.4 is 11.1 Å².